The van der Waals surface area contributed by atoms with Gasteiger partial charge in [0.15, 0.2) is 0 Å². The lowest BCUT2D eigenvalue weighted by atomic mass is 9.86. The average molecular weight is 256 g/mol. The van der Waals surface area contributed by atoms with Gasteiger partial charge in [0.1, 0.15) is 5.82 Å². The fourth-order valence-corrected chi connectivity index (χ4v) is 3.15. The molecule has 0 bridgehead atoms. The molecule has 1 aromatic carbocycles. The maximum atomic E-state index is 13.4. The molecule has 0 saturated heterocycles. The van der Waals surface area contributed by atoms with Crippen molar-refractivity contribution in [2.45, 2.75) is 39.2 Å². The van der Waals surface area contributed by atoms with Crippen LogP contribution in [0.2, 0.25) is 5.02 Å². The van der Waals surface area contributed by atoms with Crippen LogP contribution >= 0.6 is 11.6 Å². The van der Waals surface area contributed by atoms with Gasteiger partial charge in [0.25, 0.3) is 0 Å². The van der Waals surface area contributed by atoms with Crippen molar-refractivity contribution in [1.82, 2.24) is 0 Å². The van der Waals surface area contributed by atoms with E-state index >= 15 is 0 Å². The molecule has 0 aromatic heterocycles. The van der Waals surface area contributed by atoms with E-state index in [1.807, 2.05) is 0 Å². The topological polar surface area (TPSA) is 26.0 Å². The fraction of sp³-hybridized carbons (Fsp3) is 0.571. The van der Waals surface area contributed by atoms with Crippen LogP contribution in [0.3, 0.4) is 0 Å². The Labute approximate surface area is 107 Å². The molecule has 3 heteroatoms. The highest BCUT2D eigenvalue weighted by Crippen LogP contribution is 2.40. The molecule has 3 unspecified atom stereocenters. The number of hydrogen-bond donors (Lipinski definition) is 1. The van der Waals surface area contributed by atoms with E-state index in [-0.39, 0.29) is 11.9 Å². The number of aryl methyl sites for hydroxylation is 1. The molecule has 1 saturated carbocycles. The van der Waals surface area contributed by atoms with Crippen LogP contribution in [0.4, 0.5) is 4.39 Å². The van der Waals surface area contributed by atoms with Gasteiger partial charge in [-0.1, -0.05) is 37.4 Å². The second-order valence-electron chi connectivity index (χ2n) is 5.22. The van der Waals surface area contributed by atoms with Gasteiger partial charge in [-0.05, 0) is 42.4 Å². The Bertz CT molecular complexity index is 419. The zero-order valence-corrected chi connectivity index (χ0v) is 11.1. The predicted molar refractivity (Wildman–Crippen MR) is 69.6 cm³/mol. The Balaban J connectivity index is 2.30. The second-order valence-corrected chi connectivity index (χ2v) is 5.63. The molecule has 3 atom stereocenters. The molecule has 94 valence electrons. The van der Waals surface area contributed by atoms with Gasteiger partial charge in [0, 0.05) is 11.1 Å². The first kappa shape index (κ1) is 12.8. The molecule has 1 nitrogen and oxygen atoms in total. The highest BCUT2D eigenvalue weighted by molar-refractivity contribution is 6.31. The lowest BCUT2D eigenvalue weighted by Gasteiger charge is -2.24. The Kier molecular flexibility index (Phi) is 3.74. The number of halogens is 2. The number of benzene rings is 1. The molecule has 1 aromatic rings. The van der Waals surface area contributed by atoms with Crippen molar-refractivity contribution in [1.29, 1.82) is 0 Å². The Morgan fingerprint density at radius 3 is 2.71 bits per heavy atom. The monoisotopic (exact) mass is 255 g/mol. The van der Waals surface area contributed by atoms with Crippen LogP contribution in [-0.2, 0) is 0 Å². The lowest BCUT2D eigenvalue weighted by molar-refractivity contribution is 0.351. The van der Waals surface area contributed by atoms with E-state index in [2.05, 4.69) is 6.92 Å². The van der Waals surface area contributed by atoms with Crippen molar-refractivity contribution in [3.63, 3.8) is 0 Å². The SMILES string of the molecule is Cc1cc(C(N)C2CCCC2C)c(Cl)cc1F. The summed E-state index contributed by atoms with van der Waals surface area (Å²) in [5.41, 5.74) is 7.81. The van der Waals surface area contributed by atoms with Gasteiger partial charge >= 0.3 is 0 Å². The van der Waals surface area contributed by atoms with Gasteiger partial charge in [0.05, 0.1) is 0 Å². The molecule has 2 rings (SSSR count). The minimum atomic E-state index is -0.259. The number of rotatable bonds is 2. The largest absolute Gasteiger partial charge is 0.324 e. The normalized spacial score (nSPS) is 26.2. The van der Waals surface area contributed by atoms with Gasteiger partial charge in [-0.3, -0.25) is 0 Å². The summed E-state index contributed by atoms with van der Waals surface area (Å²) in [6.07, 6.45) is 3.61. The highest BCUT2D eigenvalue weighted by atomic mass is 35.5. The van der Waals surface area contributed by atoms with Crippen molar-refractivity contribution >= 4 is 11.6 Å². The Morgan fingerprint density at radius 2 is 2.12 bits per heavy atom. The van der Waals surface area contributed by atoms with Crippen LogP contribution in [0.1, 0.15) is 43.4 Å². The van der Waals surface area contributed by atoms with Crippen LogP contribution in [0.25, 0.3) is 0 Å². The van der Waals surface area contributed by atoms with Gasteiger partial charge in [-0.2, -0.15) is 0 Å². The zero-order valence-electron chi connectivity index (χ0n) is 10.3. The smallest absolute Gasteiger partial charge is 0.127 e. The second kappa shape index (κ2) is 4.95. The van der Waals surface area contributed by atoms with Crippen molar-refractivity contribution in [3.8, 4) is 0 Å². The minimum absolute atomic E-state index is 0.0701. The van der Waals surface area contributed by atoms with E-state index in [9.17, 15) is 4.39 Å². The Hall–Kier alpha value is -0.600. The van der Waals surface area contributed by atoms with E-state index in [1.165, 1.54) is 18.9 Å². The highest BCUT2D eigenvalue weighted by Gasteiger charge is 2.30. The van der Waals surface area contributed by atoms with Gasteiger partial charge < -0.3 is 5.73 Å². The van der Waals surface area contributed by atoms with Crippen LogP contribution < -0.4 is 5.73 Å². The molecule has 0 spiro atoms. The molecule has 17 heavy (non-hydrogen) atoms. The molecule has 0 radical (unpaired) electrons. The van der Waals surface area contributed by atoms with Gasteiger partial charge in [-0.25, -0.2) is 4.39 Å². The number of nitrogens with two attached hydrogens (primary N) is 1. The maximum Gasteiger partial charge on any atom is 0.127 e. The molecular formula is C14H19ClFN. The molecule has 1 aliphatic rings. The van der Waals surface area contributed by atoms with E-state index < -0.39 is 0 Å². The summed E-state index contributed by atoms with van der Waals surface area (Å²) in [6.45, 7) is 3.99. The van der Waals surface area contributed by atoms with Crippen molar-refractivity contribution in [2.24, 2.45) is 17.6 Å². The third-order valence-corrected chi connectivity index (χ3v) is 4.35. The maximum absolute atomic E-state index is 13.4. The summed E-state index contributed by atoms with van der Waals surface area (Å²) in [5.74, 6) is 0.842. The summed E-state index contributed by atoms with van der Waals surface area (Å²) >= 11 is 6.10. The standard InChI is InChI=1S/C14H19ClFN/c1-8-4-3-5-10(8)14(17)11-6-9(2)13(16)7-12(11)15/h6-8,10,14H,3-5,17H2,1-2H3. The molecule has 1 fully saturated rings. The van der Waals surface area contributed by atoms with Gasteiger partial charge in [0.2, 0.25) is 0 Å². The van der Waals surface area contributed by atoms with Crippen LogP contribution in [0, 0.1) is 24.6 Å². The van der Waals surface area contributed by atoms with Crippen LogP contribution in [-0.4, -0.2) is 0 Å². The Morgan fingerprint density at radius 1 is 1.41 bits per heavy atom. The molecule has 0 amide bonds. The summed E-state index contributed by atoms with van der Waals surface area (Å²) in [5, 5.41) is 0.458. The quantitative estimate of drug-likeness (QED) is 0.841. The molecular weight excluding hydrogens is 237 g/mol. The first-order valence-electron chi connectivity index (χ1n) is 6.22. The van der Waals surface area contributed by atoms with Gasteiger partial charge in [-0.15, -0.1) is 0 Å². The van der Waals surface area contributed by atoms with E-state index in [0.29, 0.717) is 22.4 Å². The molecule has 0 aliphatic heterocycles. The first-order valence-corrected chi connectivity index (χ1v) is 6.59. The summed E-state index contributed by atoms with van der Waals surface area (Å²) in [4.78, 5) is 0. The number of hydrogen-bond acceptors (Lipinski definition) is 1. The van der Waals surface area contributed by atoms with Crippen molar-refractivity contribution in [2.75, 3.05) is 0 Å². The third-order valence-electron chi connectivity index (χ3n) is 4.03. The van der Waals surface area contributed by atoms with Crippen molar-refractivity contribution < 1.29 is 4.39 Å². The lowest BCUT2D eigenvalue weighted by Crippen LogP contribution is -2.23. The first-order chi connectivity index (χ1) is 8.00. The van der Waals surface area contributed by atoms with Crippen LogP contribution in [0.5, 0.6) is 0 Å². The molecule has 0 heterocycles. The summed E-state index contributed by atoms with van der Waals surface area (Å²) in [6, 6.07) is 3.11. The van der Waals surface area contributed by atoms with Crippen molar-refractivity contribution in [3.05, 3.63) is 34.1 Å². The fourth-order valence-electron chi connectivity index (χ4n) is 2.87. The minimum Gasteiger partial charge on any atom is -0.324 e. The zero-order chi connectivity index (χ0) is 12.6. The third kappa shape index (κ3) is 2.48. The summed E-state index contributed by atoms with van der Waals surface area (Å²) < 4.78 is 13.4. The van der Waals surface area contributed by atoms with E-state index in [1.54, 1.807) is 13.0 Å². The van der Waals surface area contributed by atoms with Crippen LogP contribution in [0.15, 0.2) is 12.1 Å². The molecule has 1 aliphatic carbocycles. The predicted octanol–water partition coefficient (Wildman–Crippen LogP) is 4.22. The summed E-state index contributed by atoms with van der Waals surface area (Å²) in [7, 11) is 0. The van der Waals surface area contributed by atoms with E-state index in [0.717, 1.165) is 12.0 Å². The molecule has 2 N–H and O–H groups in total. The average Bonchev–Trinajstić information content (AvgIpc) is 2.69. The van der Waals surface area contributed by atoms with E-state index in [4.69, 9.17) is 17.3 Å².